The van der Waals surface area contributed by atoms with E-state index in [1.54, 1.807) is 18.1 Å². The van der Waals surface area contributed by atoms with Crippen LogP contribution >= 0.6 is 11.9 Å². The number of rotatable bonds is 3. The van der Waals surface area contributed by atoms with Crippen molar-refractivity contribution >= 4 is 11.9 Å². The zero-order chi connectivity index (χ0) is 9.80. The van der Waals surface area contributed by atoms with Crippen LogP contribution in [0.5, 0.6) is 0 Å². The molecule has 0 aromatic carbocycles. The monoisotopic (exact) mass is 205 g/mol. The summed E-state index contributed by atoms with van der Waals surface area (Å²) in [5.41, 5.74) is 2.01. The second-order valence-electron chi connectivity index (χ2n) is 2.77. The van der Waals surface area contributed by atoms with Crippen molar-refractivity contribution in [2.45, 2.75) is 4.90 Å². The highest BCUT2D eigenvalue weighted by atomic mass is 32.2. The molecule has 2 aromatic heterocycles. The Morgan fingerprint density at radius 1 is 1.43 bits per heavy atom. The van der Waals surface area contributed by atoms with Crippen molar-refractivity contribution in [2.24, 2.45) is 0 Å². The van der Waals surface area contributed by atoms with E-state index in [1.807, 2.05) is 31.4 Å². The zero-order valence-corrected chi connectivity index (χ0v) is 8.64. The molecule has 0 radical (unpaired) electrons. The van der Waals surface area contributed by atoms with Gasteiger partial charge in [-0.05, 0) is 37.2 Å². The SMILES string of the molecule is CNSc1c[nH]c(-c2ccccn2)c1. The van der Waals surface area contributed by atoms with Gasteiger partial charge in [0, 0.05) is 17.3 Å². The molecule has 3 nitrogen and oxygen atoms in total. The molecular formula is C10H11N3S. The van der Waals surface area contributed by atoms with Gasteiger partial charge in [0.25, 0.3) is 0 Å². The molecule has 0 fully saturated rings. The van der Waals surface area contributed by atoms with Gasteiger partial charge in [-0.15, -0.1) is 0 Å². The van der Waals surface area contributed by atoms with Crippen LogP contribution in [-0.2, 0) is 0 Å². The molecule has 0 saturated heterocycles. The number of H-pyrrole nitrogens is 1. The molecule has 0 aliphatic rings. The van der Waals surface area contributed by atoms with Gasteiger partial charge in [-0.2, -0.15) is 0 Å². The van der Waals surface area contributed by atoms with E-state index >= 15 is 0 Å². The van der Waals surface area contributed by atoms with E-state index in [-0.39, 0.29) is 0 Å². The summed E-state index contributed by atoms with van der Waals surface area (Å²) in [6.45, 7) is 0. The maximum Gasteiger partial charge on any atom is 0.0864 e. The van der Waals surface area contributed by atoms with Gasteiger partial charge in [-0.1, -0.05) is 6.07 Å². The molecule has 72 valence electrons. The lowest BCUT2D eigenvalue weighted by molar-refractivity contribution is 1.27. The zero-order valence-electron chi connectivity index (χ0n) is 7.82. The van der Waals surface area contributed by atoms with Gasteiger partial charge >= 0.3 is 0 Å². The highest BCUT2D eigenvalue weighted by Gasteiger charge is 2.01. The minimum atomic E-state index is 0.968. The Hall–Kier alpha value is -1.26. The van der Waals surface area contributed by atoms with Crippen molar-refractivity contribution in [1.82, 2.24) is 14.7 Å². The Morgan fingerprint density at radius 3 is 3.07 bits per heavy atom. The fraction of sp³-hybridized carbons (Fsp3) is 0.100. The first-order chi connectivity index (χ1) is 6.90. The molecule has 0 amide bonds. The largest absolute Gasteiger partial charge is 0.359 e. The third-order valence-corrected chi connectivity index (χ3v) is 2.49. The summed E-state index contributed by atoms with van der Waals surface area (Å²) >= 11 is 1.58. The second-order valence-corrected chi connectivity index (χ2v) is 3.85. The van der Waals surface area contributed by atoms with E-state index in [1.165, 1.54) is 0 Å². The summed E-state index contributed by atoms with van der Waals surface area (Å²) in [5.74, 6) is 0. The van der Waals surface area contributed by atoms with E-state index in [0.29, 0.717) is 0 Å². The number of hydrogen-bond donors (Lipinski definition) is 2. The van der Waals surface area contributed by atoms with Gasteiger partial charge in [0.2, 0.25) is 0 Å². The van der Waals surface area contributed by atoms with Crippen LogP contribution in [-0.4, -0.2) is 17.0 Å². The predicted molar refractivity (Wildman–Crippen MR) is 58.9 cm³/mol. The van der Waals surface area contributed by atoms with Crippen LogP contribution in [0.4, 0.5) is 0 Å². The molecule has 0 atom stereocenters. The Morgan fingerprint density at radius 2 is 2.36 bits per heavy atom. The van der Waals surface area contributed by atoms with Gasteiger partial charge in [-0.3, -0.25) is 9.71 Å². The van der Waals surface area contributed by atoms with Crippen molar-refractivity contribution in [1.29, 1.82) is 0 Å². The third-order valence-electron chi connectivity index (χ3n) is 1.82. The molecular weight excluding hydrogens is 194 g/mol. The Balaban J connectivity index is 2.25. The molecule has 2 aromatic rings. The van der Waals surface area contributed by atoms with Gasteiger partial charge in [-0.25, -0.2) is 0 Å². The molecule has 2 rings (SSSR count). The fourth-order valence-corrected chi connectivity index (χ4v) is 1.75. The summed E-state index contributed by atoms with van der Waals surface area (Å²) in [6, 6.07) is 7.95. The van der Waals surface area contributed by atoms with Gasteiger partial charge in [0.15, 0.2) is 0 Å². The smallest absolute Gasteiger partial charge is 0.0864 e. The third kappa shape index (κ3) is 1.97. The Labute approximate surface area is 87.1 Å². The van der Waals surface area contributed by atoms with Crippen molar-refractivity contribution in [3.8, 4) is 11.4 Å². The lowest BCUT2D eigenvalue weighted by Crippen LogP contribution is -1.88. The van der Waals surface area contributed by atoms with Crippen LogP contribution in [0.15, 0.2) is 41.6 Å². The average Bonchev–Trinajstić information content (AvgIpc) is 2.68. The van der Waals surface area contributed by atoms with Gasteiger partial charge < -0.3 is 4.98 Å². The summed E-state index contributed by atoms with van der Waals surface area (Å²) in [7, 11) is 1.90. The maximum atomic E-state index is 4.26. The number of aromatic nitrogens is 2. The molecule has 0 bridgehead atoms. The number of pyridine rings is 1. The standard InChI is InChI=1S/C10H11N3S/c1-11-14-8-6-10(13-7-8)9-4-2-3-5-12-9/h2-7,11,13H,1H3. The van der Waals surface area contributed by atoms with Crippen molar-refractivity contribution in [3.05, 3.63) is 36.7 Å². The molecule has 0 aliphatic carbocycles. The molecule has 2 heterocycles. The van der Waals surface area contributed by atoms with Gasteiger partial charge in [0.05, 0.1) is 11.4 Å². The molecule has 0 unspecified atom stereocenters. The maximum absolute atomic E-state index is 4.26. The highest BCUT2D eigenvalue weighted by molar-refractivity contribution is 7.97. The van der Waals surface area contributed by atoms with E-state index in [0.717, 1.165) is 16.3 Å². The minimum absolute atomic E-state index is 0.968. The van der Waals surface area contributed by atoms with Crippen LogP contribution in [0.25, 0.3) is 11.4 Å². The van der Waals surface area contributed by atoms with E-state index in [4.69, 9.17) is 0 Å². The lowest BCUT2D eigenvalue weighted by Gasteiger charge is -1.94. The number of nitrogens with zero attached hydrogens (tertiary/aromatic N) is 1. The molecule has 0 saturated carbocycles. The fourth-order valence-electron chi connectivity index (χ4n) is 1.22. The number of aromatic amines is 1. The van der Waals surface area contributed by atoms with Crippen molar-refractivity contribution in [3.63, 3.8) is 0 Å². The molecule has 0 aliphatic heterocycles. The topological polar surface area (TPSA) is 40.7 Å². The first-order valence-corrected chi connectivity index (χ1v) is 5.15. The highest BCUT2D eigenvalue weighted by Crippen LogP contribution is 2.21. The van der Waals surface area contributed by atoms with Gasteiger partial charge in [0.1, 0.15) is 0 Å². The quantitative estimate of drug-likeness (QED) is 0.755. The number of nitrogens with one attached hydrogen (secondary N) is 2. The van der Waals surface area contributed by atoms with Crippen LogP contribution in [0.3, 0.4) is 0 Å². The van der Waals surface area contributed by atoms with Crippen LogP contribution in [0.1, 0.15) is 0 Å². The normalized spacial score (nSPS) is 10.4. The van der Waals surface area contributed by atoms with Crippen LogP contribution in [0.2, 0.25) is 0 Å². The first kappa shape index (κ1) is 9.30. The average molecular weight is 205 g/mol. The molecule has 14 heavy (non-hydrogen) atoms. The Bertz CT molecular complexity index is 397. The Kier molecular flexibility index (Phi) is 2.86. The molecule has 4 heteroatoms. The van der Waals surface area contributed by atoms with E-state index in [2.05, 4.69) is 20.8 Å². The van der Waals surface area contributed by atoms with Crippen molar-refractivity contribution in [2.75, 3.05) is 7.05 Å². The van der Waals surface area contributed by atoms with Crippen LogP contribution < -0.4 is 4.72 Å². The summed E-state index contributed by atoms with van der Waals surface area (Å²) in [4.78, 5) is 8.61. The molecule has 0 spiro atoms. The van der Waals surface area contributed by atoms with E-state index < -0.39 is 0 Å². The minimum Gasteiger partial charge on any atom is -0.359 e. The first-order valence-electron chi connectivity index (χ1n) is 4.33. The summed E-state index contributed by atoms with van der Waals surface area (Å²) < 4.78 is 3.03. The molecule has 2 N–H and O–H groups in total. The van der Waals surface area contributed by atoms with Crippen molar-refractivity contribution < 1.29 is 0 Å². The van der Waals surface area contributed by atoms with Crippen LogP contribution in [0, 0.1) is 0 Å². The predicted octanol–water partition coefficient (Wildman–Crippen LogP) is 2.30. The summed E-state index contributed by atoms with van der Waals surface area (Å²) in [5, 5.41) is 0. The summed E-state index contributed by atoms with van der Waals surface area (Å²) in [6.07, 6.45) is 3.76. The lowest BCUT2D eigenvalue weighted by atomic mass is 10.3. The second kappa shape index (κ2) is 4.30. The van der Waals surface area contributed by atoms with E-state index in [9.17, 15) is 0 Å². The number of hydrogen-bond acceptors (Lipinski definition) is 3.